The van der Waals surface area contributed by atoms with Crippen LogP contribution in [0.2, 0.25) is 0 Å². The summed E-state index contributed by atoms with van der Waals surface area (Å²) in [6, 6.07) is 0.151. The van der Waals surface area contributed by atoms with Crippen molar-refractivity contribution in [2.75, 3.05) is 6.61 Å². The second-order valence-corrected chi connectivity index (χ2v) is 10.3. The van der Waals surface area contributed by atoms with Gasteiger partial charge in [-0.25, -0.2) is 0 Å². The fourth-order valence-corrected chi connectivity index (χ4v) is 7.75. The van der Waals surface area contributed by atoms with Crippen LogP contribution in [-0.2, 0) is 4.74 Å². The minimum absolute atomic E-state index is 0.123. The SMILES string of the molecule is C=C1[C@@H]2C[C@H]3[C@@H](CC=C4C[C@@H](O)CC[C@@]43C)[C@@H]2CC[C@]12OC[C@@H](N)[C@H]2C. The number of allylic oxidation sites excluding steroid dienone is 1. The minimum atomic E-state index is -0.159. The van der Waals surface area contributed by atoms with Gasteiger partial charge in [-0.05, 0) is 79.6 Å². The van der Waals surface area contributed by atoms with Crippen molar-refractivity contribution in [1.29, 1.82) is 0 Å². The molecule has 3 heteroatoms. The van der Waals surface area contributed by atoms with E-state index in [9.17, 15) is 5.11 Å². The summed E-state index contributed by atoms with van der Waals surface area (Å²) in [6.07, 6.45) is 10.2. The van der Waals surface area contributed by atoms with Crippen LogP contribution in [-0.4, -0.2) is 29.5 Å². The Morgan fingerprint density at radius 2 is 2.08 bits per heavy atom. The lowest BCUT2D eigenvalue weighted by atomic mass is 9.56. The molecule has 0 bridgehead atoms. The van der Waals surface area contributed by atoms with Crippen LogP contribution in [0.25, 0.3) is 0 Å². The van der Waals surface area contributed by atoms with Crippen LogP contribution in [0.5, 0.6) is 0 Å². The Hall–Kier alpha value is -0.640. The van der Waals surface area contributed by atoms with E-state index >= 15 is 0 Å². The van der Waals surface area contributed by atoms with Gasteiger partial charge in [-0.15, -0.1) is 0 Å². The van der Waals surface area contributed by atoms with Crippen LogP contribution in [0.15, 0.2) is 23.8 Å². The molecule has 144 valence electrons. The Balaban J connectivity index is 1.45. The molecule has 1 spiro atoms. The van der Waals surface area contributed by atoms with Gasteiger partial charge in [0.05, 0.1) is 18.3 Å². The van der Waals surface area contributed by atoms with Gasteiger partial charge >= 0.3 is 0 Å². The molecule has 3 nitrogen and oxygen atoms in total. The van der Waals surface area contributed by atoms with Crippen molar-refractivity contribution >= 4 is 0 Å². The van der Waals surface area contributed by atoms with Crippen LogP contribution in [0.4, 0.5) is 0 Å². The molecule has 0 unspecified atom stereocenters. The van der Waals surface area contributed by atoms with E-state index in [1.54, 1.807) is 5.57 Å². The summed E-state index contributed by atoms with van der Waals surface area (Å²) >= 11 is 0. The molecule has 1 heterocycles. The molecular formula is C23H35NO2. The molecule has 1 saturated heterocycles. The van der Waals surface area contributed by atoms with Crippen molar-refractivity contribution in [3.63, 3.8) is 0 Å². The lowest BCUT2D eigenvalue weighted by Gasteiger charge is -2.49. The summed E-state index contributed by atoms with van der Waals surface area (Å²) in [5, 5.41) is 10.2. The molecule has 3 saturated carbocycles. The van der Waals surface area contributed by atoms with E-state index < -0.39 is 0 Å². The average molecular weight is 358 g/mol. The molecule has 0 aromatic heterocycles. The largest absolute Gasteiger partial charge is 0.393 e. The third kappa shape index (κ3) is 2.11. The van der Waals surface area contributed by atoms with Gasteiger partial charge in [-0.2, -0.15) is 0 Å². The minimum Gasteiger partial charge on any atom is -0.393 e. The van der Waals surface area contributed by atoms with E-state index in [4.69, 9.17) is 10.5 Å². The third-order valence-electron chi connectivity index (χ3n) is 9.48. The molecule has 0 amide bonds. The maximum Gasteiger partial charge on any atom is 0.0933 e. The highest BCUT2D eigenvalue weighted by molar-refractivity contribution is 5.32. The molecular weight excluding hydrogens is 322 g/mol. The summed E-state index contributed by atoms with van der Waals surface area (Å²) in [6.45, 7) is 10.1. The number of aliphatic hydroxyl groups excluding tert-OH is 1. The maximum absolute atomic E-state index is 10.2. The molecule has 26 heavy (non-hydrogen) atoms. The van der Waals surface area contributed by atoms with Gasteiger partial charge in [0.15, 0.2) is 0 Å². The van der Waals surface area contributed by atoms with E-state index in [2.05, 4.69) is 26.5 Å². The standard InChI is InChI=1S/C23H35NO2/c1-13-19-11-20-18(5-4-15-10-16(25)6-8-22(15,20)3)17(19)7-9-23(13)14(2)21(24)12-26-23/h4,14,16-21,25H,1,5-12,24H2,2-3H3/t14-,16+,17+,18+,19+,20+,21-,22+,23+/m1/s1. The fraction of sp³-hybridized carbons (Fsp3) is 0.826. The van der Waals surface area contributed by atoms with Crippen LogP contribution < -0.4 is 5.73 Å². The van der Waals surface area contributed by atoms with Gasteiger partial charge in [0.2, 0.25) is 0 Å². The molecule has 4 fully saturated rings. The van der Waals surface area contributed by atoms with E-state index in [1.165, 1.54) is 24.8 Å². The van der Waals surface area contributed by atoms with Gasteiger partial charge in [0.1, 0.15) is 0 Å². The zero-order valence-electron chi connectivity index (χ0n) is 16.4. The summed E-state index contributed by atoms with van der Waals surface area (Å²) in [5.74, 6) is 3.30. The molecule has 5 aliphatic rings. The zero-order chi connectivity index (χ0) is 18.3. The smallest absolute Gasteiger partial charge is 0.0933 e. The second-order valence-electron chi connectivity index (χ2n) is 10.3. The van der Waals surface area contributed by atoms with Crippen molar-refractivity contribution in [1.82, 2.24) is 0 Å². The molecule has 3 N–H and O–H groups in total. The first-order valence-corrected chi connectivity index (χ1v) is 10.8. The molecule has 9 atom stereocenters. The molecule has 0 aromatic rings. The number of nitrogens with two attached hydrogens (primary N) is 1. The average Bonchev–Trinajstić information content (AvgIpc) is 3.14. The van der Waals surface area contributed by atoms with Gasteiger partial charge in [0.25, 0.3) is 0 Å². The monoisotopic (exact) mass is 357 g/mol. The lowest BCUT2D eigenvalue weighted by molar-refractivity contribution is -0.0268. The van der Waals surface area contributed by atoms with Crippen LogP contribution in [0.3, 0.4) is 0 Å². The number of hydrogen-bond donors (Lipinski definition) is 2. The molecule has 5 rings (SSSR count). The Kier molecular flexibility index (Phi) is 3.82. The molecule has 0 radical (unpaired) electrons. The number of ether oxygens (including phenoxy) is 1. The quantitative estimate of drug-likeness (QED) is 0.648. The third-order valence-corrected chi connectivity index (χ3v) is 9.48. The van der Waals surface area contributed by atoms with Crippen molar-refractivity contribution in [2.45, 2.75) is 76.5 Å². The van der Waals surface area contributed by atoms with Gasteiger partial charge in [-0.3, -0.25) is 0 Å². The van der Waals surface area contributed by atoms with Crippen molar-refractivity contribution in [2.24, 2.45) is 40.7 Å². The zero-order valence-corrected chi connectivity index (χ0v) is 16.4. The van der Waals surface area contributed by atoms with E-state index in [-0.39, 0.29) is 17.7 Å². The van der Waals surface area contributed by atoms with Crippen LogP contribution in [0, 0.1) is 35.0 Å². The predicted molar refractivity (Wildman–Crippen MR) is 103 cm³/mol. The second kappa shape index (κ2) is 5.68. The topological polar surface area (TPSA) is 55.5 Å². The molecule has 4 aliphatic carbocycles. The normalized spacial score (nSPS) is 56.1. The number of rotatable bonds is 0. The first-order chi connectivity index (χ1) is 12.4. The summed E-state index contributed by atoms with van der Waals surface area (Å²) in [7, 11) is 0. The summed E-state index contributed by atoms with van der Waals surface area (Å²) < 4.78 is 6.36. The van der Waals surface area contributed by atoms with Crippen LogP contribution in [0.1, 0.15) is 58.8 Å². The fourth-order valence-electron chi connectivity index (χ4n) is 7.75. The van der Waals surface area contributed by atoms with E-state index in [0.29, 0.717) is 23.9 Å². The Morgan fingerprint density at radius 1 is 1.27 bits per heavy atom. The van der Waals surface area contributed by atoms with E-state index in [0.717, 1.165) is 43.4 Å². The Bertz CT molecular complexity index is 657. The number of fused-ring (bicyclic) bond motifs is 5. The molecule has 0 aromatic carbocycles. The highest BCUT2D eigenvalue weighted by atomic mass is 16.5. The van der Waals surface area contributed by atoms with Crippen molar-refractivity contribution in [3.05, 3.63) is 23.8 Å². The summed E-state index contributed by atoms with van der Waals surface area (Å²) in [4.78, 5) is 0. The van der Waals surface area contributed by atoms with Crippen LogP contribution >= 0.6 is 0 Å². The summed E-state index contributed by atoms with van der Waals surface area (Å²) in [5.41, 5.74) is 9.37. The Labute approximate surface area is 158 Å². The first-order valence-electron chi connectivity index (χ1n) is 10.8. The van der Waals surface area contributed by atoms with Gasteiger partial charge < -0.3 is 15.6 Å². The highest BCUT2D eigenvalue weighted by Crippen LogP contribution is 2.65. The Morgan fingerprint density at radius 3 is 2.81 bits per heavy atom. The van der Waals surface area contributed by atoms with Crippen molar-refractivity contribution in [3.8, 4) is 0 Å². The van der Waals surface area contributed by atoms with E-state index in [1.807, 2.05) is 0 Å². The van der Waals surface area contributed by atoms with Gasteiger partial charge in [-0.1, -0.05) is 32.1 Å². The lowest BCUT2D eigenvalue weighted by Crippen LogP contribution is -2.47. The van der Waals surface area contributed by atoms with Gasteiger partial charge in [0, 0.05) is 12.0 Å². The first kappa shape index (κ1) is 17.5. The predicted octanol–water partition coefficient (Wildman–Crippen LogP) is 3.82. The maximum atomic E-state index is 10.2. The number of hydrogen-bond acceptors (Lipinski definition) is 3. The number of aliphatic hydroxyl groups is 1. The van der Waals surface area contributed by atoms with Crippen molar-refractivity contribution < 1.29 is 9.84 Å². The highest BCUT2D eigenvalue weighted by Gasteiger charge is 2.60. The molecule has 1 aliphatic heterocycles.